The second kappa shape index (κ2) is 6.36. The molecule has 0 aliphatic heterocycles. The van der Waals surface area contributed by atoms with Crippen molar-refractivity contribution in [3.8, 4) is 0 Å². The van der Waals surface area contributed by atoms with Gasteiger partial charge >= 0.3 is 0 Å². The van der Waals surface area contributed by atoms with Crippen molar-refractivity contribution in [1.29, 1.82) is 0 Å². The highest BCUT2D eigenvalue weighted by atomic mass is 15.3. The highest BCUT2D eigenvalue weighted by molar-refractivity contribution is 5.44. The molecule has 0 saturated heterocycles. The Bertz CT molecular complexity index is 193. The summed E-state index contributed by atoms with van der Waals surface area (Å²) < 4.78 is 0. The molecule has 0 aromatic carbocycles. The zero-order chi connectivity index (χ0) is 9.40. The number of rotatable bonds is 2. The number of nitrogens with two attached hydrogens (primary N) is 1. The summed E-state index contributed by atoms with van der Waals surface area (Å²) in [4.78, 5) is 7.71. The molecule has 0 amide bonds. The van der Waals surface area contributed by atoms with Crippen LogP contribution in [0.1, 0.15) is 13.8 Å². The minimum atomic E-state index is 0.597. The lowest BCUT2D eigenvalue weighted by Gasteiger charge is -2.00. The summed E-state index contributed by atoms with van der Waals surface area (Å²) in [7, 11) is 1.78. The van der Waals surface area contributed by atoms with Gasteiger partial charge in [-0.15, -0.1) is 0 Å². The van der Waals surface area contributed by atoms with Crippen molar-refractivity contribution >= 4 is 11.6 Å². The second-order valence-electron chi connectivity index (χ2n) is 1.68. The zero-order valence-electron chi connectivity index (χ0n) is 7.63. The van der Waals surface area contributed by atoms with Crippen LogP contribution in [-0.2, 0) is 0 Å². The average Bonchev–Trinajstić information content (AvgIpc) is 2.21. The molecule has 1 heterocycles. The fourth-order valence-corrected chi connectivity index (χ4v) is 0.573. The van der Waals surface area contributed by atoms with Crippen molar-refractivity contribution in [2.75, 3.05) is 17.8 Å². The van der Waals surface area contributed by atoms with Crippen LogP contribution in [-0.4, -0.2) is 17.0 Å². The van der Waals surface area contributed by atoms with Crippen LogP contribution >= 0.6 is 0 Å². The van der Waals surface area contributed by atoms with E-state index in [4.69, 9.17) is 5.84 Å². The molecule has 5 nitrogen and oxygen atoms in total. The standard InChI is InChI=1S/C5H9N5.C2H6/c1-7-4-2-5(10-6)9-3-8-4;1-2/h2-3H,6H2,1H3,(H2,7,8,9,10);1-2H3. The molecule has 0 saturated carbocycles. The lowest BCUT2D eigenvalue weighted by Crippen LogP contribution is -2.09. The zero-order valence-corrected chi connectivity index (χ0v) is 7.63. The van der Waals surface area contributed by atoms with Crippen LogP contribution in [0.15, 0.2) is 12.4 Å². The van der Waals surface area contributed by atoms with E-state index in [1.165, 1.54) is 6.33 Å². The van der Waals surface area contributed by atoms with Gasteiger partial charge in [-0.2, -0.15) is 0 Å². The number of anilines is 2. The molecule has 1 aromatic rings. The fraction of sp³-hybridized carbons (Fsp3) is 0.429. The van der Waals surface area contributed by atoms with Gasteiger partial charge in [0.05, 0.1) is 0 Å². The number of hydrogen-bond donors (Lipinski definition) is 3. The molecule has 0 bridgehead atoms. The smallest absolute Gasteiger partial charge is 0.145 e. The van der Waals surface area contributed by atoms with Gasteiger partial charge in [-0.25, -0.2) is 15.8 Å². The molecule has 0 unspecified atom stereocenters. The van der Waals surface area contributed by atoms with Crippen LogP contribution in [0.2, 0.25) is 0 Å². The Kier molecular flexibility index (Phi) is 5.64. The van der Waals surface area contributed by atoms with E-state index in [-0.39, 0.29) is 0 Å². The monoisotopic (exact) mass is 169 g/mol. The van der Waals surface area contributed by atoms with Gasteiger partial charge < -0.3 is 10.7 Å². The van der Waals surface area contributed by atoms with Crippen molar-refractivity contribution in [3.63, 3.8) is 0 Å². The molecule has 0 spiro atoms. The van der Waals surface area contributed by atoms with E-state index in [0.29, 0.717) is 5.82 Å². The van der Waals surface area contributed by atoms with E-state index in [1.54, 1.807) is 13.1 Å². The van der Waals surface area contributed by atoms with Crippen LogP contribution in [0.3, 0.4) is 0 Å². The third-order valence-electron chi connectivity index (χ3n) is 1.07. The largest absolute Gasteiger partial charge is 0.373 e. The maximum atomic E-state index is 5.11. The molecule has 0 fully saturated rings. The SMILES string of the molecule is CC.CNc1cc(NN)ncn1. The van der Waals surface area contributed by atoms with E-state index in [1.807, 2.05) is 13.8 Å². The number of nitrogens with one attached hydrogen (secondary N) is 2. The molecule has 68 valence electrons. The van der Waals surface area contributed by atoms with E-state index in [0.717, 1.165) is 5.82 Å². The maximum absolute atomic E-state index is 5.11. The van der Waals surface area contributed by atoms with Gasteiger partial charge in [0.2, 0.25) is 0 Å². The Morgan fingerprint density at radius 2 is 1.83 bits per heavy atom. The van der Waals surface area contributed by atoms with Gasteiger partial charge in [0.1, 0.15) is 18.0 Å². The topological polar surface area (TPSA) is 75.9 Å². The minimum Gasteiger partial charge on any atom is -0.373 e. The Labute approximate surface area is 72.4 Å². The molecule has 4 N–H and O–H groups in total. The molecule has 1 aromatic heterocycles. The van der Waals surface area contributed by atoms with Gasteiger partial charge in [-0.1, -0.05) is 13.8 Å². The predicted molar refractivity (Wildman–Crippen MR) is 50.7 cm³/mol. The summed E-state index contributed by atoms with van der Waals surface area (Å²) in [5.41, 5.74) is 2.41. The molecule has 1 rings (SSSR count). The Hall–Kier alpha value is -1.36. The number of hydrazine groups is 1. The average molecular weight is 169 g/mol. The second-order valence-corrected chi connectivity index (χ2v) is 1.68. The third-order valence-corrected chi connectivity index (χ3v) is 1.07. The molecular weight excluding hydrogens is 154 g/mol. The number of hydrogen-bond acceptors (Lipinski definition) is 5. The van der Waals surface area contributed by atoms with Crippen LogP contribution in [0.25, 0.3) is 0 Å². The highest BCUT2D eigenvalue weighted by Crippen LogP contribution is 2.04. The van der Waals surface area contributed by atoms with Crippen LogP contribution in [0, 0.1) is 0 Å². The van der Waals surface area contributed by atoms with Gasteiger partial charge in [0, 0.05) is 13.1 Å². The Morgan fingerprint density at radius 3 is 2.33 bits per heavy atom. The van der Waals surface area contributed by atoms with E-state index >= 15 is 0 Å². The first-order chi connectivity index (χ1) is 5.86. The Morgan fingerprint density at radius 1 is 1.25 bits per heavy atom. The summed E-state index contributed by atoms with van der Waals surface area (Å²) in [6.45, 7) is 4.00. The number of nitrogen functional groups attached to an aromatic ring is 1. The van der Waals surface area contributed by atoms with Gasteiger partial charge in [-0.3, -0.25) is 0 Å². The normalized spacial score (nSPS) is 8.00. The lowest BCUT2D eigenvalue weighted by molar-refractivity contribution is 1.13. The third kappa shape index (κ3) is 3.16. The molecule has 0 aliphatic rings. The summed E-state index contributed by atoms with van der Waals surface area (Å²) >= 11 is 0. The first kappa shape index (κ1) is 10.6. The van der Waals surface area contributed by atoms with Crippen molar-refractivity contribution in [3.05, 3.63) is 12.4 Å². The van der Waals surface area contributed by atoms with Crippen molar-refractivity contribution < 1.29 is 0 Å². The molecule has 12 heavy (non-hydrogen) atoms. The molecular formula is C7H15N5. The summed E-state index contributed by atoms with van der Waals surface area (Å²) in [6.07, 6.45) is 1.43. The molecule has 0 aliphatic carbocycles. The number of nitrogens with zero attached hydrogens (tertiary/aromatic N) is 2. The summed E-state index contributed by atoms with van der Waals surface area (Å²) in [5, 5.41) is 2.86. The van der Waals surface area contributed by atoms with E-state index in [9.17, 15) is 0 Å². The van der Waals surface area contributed by atoms with E-state index in [2.05, 4.69) is 20.7 Å². The molecule has 0 atom stereocenters. The van der Waals surface area contributed by atoms with Crippen LogP contribution < -0.4 is 16.6 Å². The summed E-state index contributed by atoms with van der Waals surface area (Å²) in [6, 6.07) is 1.71. The first-order valence-corrected chi connectivity index (χ1v) is 3.83. The van der Waals surface area contributed by atoms with Crippen molar-refractivity contribution in [2.45, 2.75) is 13.8 Å². The Balaban J connectivity index is 0.000000561. The fourth-order valence-electron chi connectivity index (χ4n) is 0.573. The quantitative estimate of drug-likeness (QED) is 0.451. The highest BCUT2D eigenvalue weighted by Gasteiger charge is 1.91. The van der Waals surface area contributed by atoms with Gasteiger partial charge in [-0.05, 0) is 0 Å². The minimum absolute atomic E-state index is 0.597. The van der Waals surface area contributed by atoms with Crippen LogP contribution in [0.4, 0.5) is 11.6 Å². The van der Waals surface area contributed by atoms with Gasteiger partial charge in [0.25, 0.3) is 0 Å². The lowest BCUT2D eigenvalue weighted by atomic mass is 10.5. The predicted octanol–water partition coefficient (Wildman–Crippen LogP) is 0.830. The molecule has 0 radical (unpaired) electrons. The molecule has 5 heteroatoms. The number of aromatic nitrogens is 2. The first-order valence-electron chi connectivity index (χ1n) is 3.83. The summed E-state index contributed by atoms with van der Waals surface area (Å²) in [5.74, 6) is 6.44. The van der Waals surface area contributed by atoms with E-state index < -0.39 is 0 Å². The van der Waals surface area contributed by atoms with Crippen molar-refractivity contribution in [2.24, 2.45) is 5.84 Å². The maximum Gasteiger partial charge on any atom is 0.145 e. The van der Waals surface area contributed by atoms with Crippen molar-refractivity contribution in [1.82, 2.24) is 9.97 Å². The van der Waals surface area contributed by atoms with Crippen LogP contribution in [0.5, 0.6) is 0 Å². The van der Waals surface area contributed by atoms with Gasteiger partial charge in [0.15, 0.2) is 0 Å².